The Balaban J connectivity index is 2.19. The minimum atomic E-state index is -0.232. The van der Waals surface area contributed by atoms with Crippen molar-refractivity contribution in [2.24, 2.45) is 12.8 Å². The molecule has 1 aromatic heterocycles. The number of rotatable bonds is 5. The van der Waals surface area contributed by atoms with Crippen molar-refractivity contribution in [2.75, 3.05) is 0 Å². The van der Waals surface area contributed by atoms with E-state index < -0.39 is 0 Å². The third kappa shape index (κ3) is 3.32. The fourth-order valence-corrected chi connectivity index (χ4v) is 2.51. The molecule has 1 atom stereocenters. The van der Waals surface area contributed by atoms with Crippen LogP contribution >= 0.6 is 0 Å². The average Bonchev–Trinajstić information content (AvgIpc) is 2.80. The second-order valence-electron chi connectivity index (χ2n) is 6.14. The van der Waals surface area contributed by atoms with Gasteiger partial charge in [-0.2, -0.15) is 5.10 Å². The van der Waals surface area contributed by atoms with Crippen molar-refractivity contribution >= 4 is 0 Å². The van der Waals surface area contributed by atoms with Gasteiger partial charge < -0.3 is 5.73 Å². The summed E-state index contributed by atoms with van der Waals surface area (Å²) in [6, 6.07) is 8.65. The normalized spacial score (nSPS) is 13.4. The summed E-state index contributed by atoms with van der Waals surface area (Å²) in [5, 5.41) is 4.46. The van der Waals surface area contributed by atoms with Crippen molar-refractivity contribution in [3.63, 3.8) is 0 Å². The highest BCUT2D eigenvalue weighted by Crippen LogP contribution is 2.28. The lowest BCUT2D eigenvalue weighted by molar-refractivity contribution is 0.399. The molecule has 1 aromatic carbocycles. The van der Waals surface area contributed by atoms with Crippen LogP contribution in [0.5, 0.6) is 0 Å². The van der Waals surface area contributed by atoms with Gasteiger partial charge in [0.1, 0.15) is 5.82 Å². The quantitative estimate of drug-likeness (QED) is 0.919. The highest BCUT2D eigenvalue weighted by molar-refractivity contribution is 5.27. The zero-order valence-corrected chi connectivity index (χ0v) is 13.2. The van der Waals surface area contributed by atoms with Crippen LogP contribution in [0.1, 0.15) is 37.7 Å². The maximum Gasteiger partial charge on any atom is 0.123 e. The molecule has 0 radical (unpaired) electrons. The Morgan fingerprint density at radius 2 is 1.90 bits per heavy atom. The van der Waals surface area contributed by atoms with Gasteiger partial charge in [0.2, 0.25) is 0 Å². The average molecular weight is 289 g/mol. The minimum absolute atomic E-state index is 0.0666. The van der Waals surface area contributed by atoms with Gasteiger partial charge in [-0.25, -0.2) is 4.39 Å². The van der Waals surface area contributed by atoms with Gasteiger partial charge in [0.05, 0.1) is 5.69 Å². The fourth-order valence-electron chi connectivity index (χ4n) is 2.51. The van der Waals surface area contributed by atoms with Crippen LogP contribution in [-0.2, 0) is 25.3 Å². The van der Waals surface area contributed by atoms with E-state index in [0.29, 0.717) is 0 Å². The van der Waals surface area contributed by atoms with Crippen LogP contribution in [0.3, 0.4) is 0 Å². The molecule has 1 heterocycles. The number of hydrogen-bond acceptors (Lipinski definition) is 2. The first-order valence-electron chi connectivity index (χ1n) is 7.38. The van der Waals surface area contributed by atoms with Crippen molar-refractivity contribution in [3.8, 4) is 0 Å². The Kier molecular flexibility index (Phi) is 4.47. The third-order valence-electron chi connectivity index (χ3n) is 4.33. The van der Waals surface area contributed by atoms with Crippen molar-refractivity contribution in [3.05, 3.63) is 53.1 Å². The lowest BCUT2D eigenvalue weighted by atomic mass is 9.76. The fraction of sp³-hybridized carbons (Fsp3) is 0.471. The minimum Gasteiger partial charge on any atom is -0.327 e. The van der Waals surface area contributed by atoms with Gasteiger partial charge >= 0.3 is 0 Å². The van der Waals surface area contributed by atoms with Gasteiger partial charge in [0, 0.05) is 30.6 Å². The standard InChI is InChI=1S/C17H24FN3/c1-5-14-10-15(21(4)20-14)11-16(19)17(2,3)12-6-8-13(18)9-7-12/h6-10,16H,5,11,19H2,1-4H3. The maximum absolute atomic E-state index is 13.1. The largest absolute Gasteiger partial charge is 0.327 e. The molecule has 1 unspecified atom stereocenters. The van der Waals surface area contributed by atoms with E-state index in [-0.39, 0.29) is 17.3 Å². The molecule has 0 aliphatic heterocycles. The highest BCUT2D eigenvalue weighted by Gasteiger charge is 2.29. The number of nitrogens with zero attached hydrogens (tertiary/aromatic N) is 2. The summed E-state index contributed by atoms with van der Waals surface area (Å²) in [6.45, 7) is 6.29. The molecule has 0 aliphatic rings. The van der Waals surface area contributed by atoms with Gasteiger partial charge in [-0.05, 0) is 30.2 Å². The summed E-state index contributed by atoms with van der Waals surface area (Å²) in [7, 11) is 1.95. The number of halogens is 1. The molecule has 2 aromatic rings. The van der Waals surface area contributed by atoms with Crippen molar-refractivity contribution in [1.82, 2.24) is 9.78 Å². The number of benzene rings is 1. The Morgan fingerprint density at radius 3 is 2.43 bits per heavy atom. The van der Waals surface area contributed by atoms with Crippen LogP contribution in [0, 0.1) is 5.82 Å². The second kappa shape index (κ2) is 5.98. The summed E-state index contributed by atoms with van der Waals surface area (Å²) >= 11 is 0. The summed E-state index contributed by atoms with van der Waals surface area (Å²) in [5.74, 6) is -0.220. The van der Waals surface area contributed by atoms with Crippen LogP contribution in [0.4, 0.5) is 4.39 Å². The molecule has 2 rings (SSSR count). The SMILES string of the molecule is CCc1cc(CC(N)C(C)(C)c2ccc(F)cc2)n(C)n1. The number of aryl methyl sites for hydroxylation is 2. The molecular formula is C17H24FN3. The first-order valence-corrected chi connectivity index (χ1v) is 7.38. The Labute approximate surface area is 126 Å². The third-order valence-corrected chi connectivity index (χ3v) is 4.33. The van der Waals surface area contributed by atoms with E-state index in [4.69, 9.17) is 5.73 Å². The van der Waals surface area contributed by atoms with E-state index in [9.17, 15) is 4.39 Å². The number of aromatic nitrogens is 2. The summed E-state index contributed by atoms with van der Waals surface area (Å²) in [4.78, 5) is 0. The number of nitrogens with two attached hydrogens (primary N) is 1. The molecule has 21 heavy (non-hydrogen) atoms. The summed E-state index contributed by atoms with van der Waals surface area (Å²) in [6.07, 6.45) is 1.66. The smallest absolute Gasteiger partial charge is 0.123 e. The molecular weight excluding hydrogens is 265 g/mol. The van der Waals surface area contributed by atoms with E-state index in [0.717, 1.165) is 29.8 Å². The van der Waals surface area contributed by atoms with E-state index in [1.165, 1.54) is 12.1 Å². The molecule has 0 spiro atoms. The van der Waals surface area contributed by atoms with E-state index in [1.54, 1.807) is 0 Å². The first-order chi connectivity index (χ1) is 9.84. The van der Waals surface area contributed by atoms with Gasteiger partial charge in [-0.1, -0.05) is 32.9 Å². The first kappa shape index (κ1) is 15.7. The van der Waals surface area contributed by atoms with Gasteiger partial charge in [0.25, 0.3) is 0 Å². The summed E-state index contributed by atoms with van der Waals surface area (Å²) < 4.78 is 15.0. The van der Waals surface area contributed by atoms with Gasteiger partial charge in [-0.15, -0.1) is 0 Å². The lowest BCUT2D eigenvalue weighted by Crippen LogP contribution is -2.42. The van der Waals surface area contributed by atoms with Crippen LogP contribution in [0.15, 0.2) is 30.3 Å². The van der Waals surface area contributed by atoms with Gasteiger partial charge in [0.15, 0.2) is 0 Å². The predicted molar refractivity (Wildman–Crippen MR) is 83.7 cm³/mol. The van der Waals surface area contributed by atoms with E-state index in [1.807, 2.05) is 23.9 Å². The molecule has 3 nitrogen and oxygen atoms in total. The van der Waals surface area contributed by atoms with Crippen LogP contribution in [0.2, 0.25) is 0 Å². The Bertz CT molecular complexity index is 599. The lowest BCUT2D eigenvalue weighted by Gasteiger charge is -2.32. The second-order valence-corrected chi connectivity index (χ2v) is 6.14. The summed E-state index contributed by atoms with van der Waals surface area (Å²) in [5.41, 5.74) is 9.47. The maximum atomic E-state index is 13.1. The molecule has 4 heteroatoms. The molecule has 0 fully saturated rings. The molecule has 114 valence electrons. The van der Waals surface area contributed by atoms with Gasteiger partial charge in [-0.3, -0.25) is 4.68 Å². The monoisotopic (exact) mass is 289 g/mol. The van der Waals surface area contributed by atoms with Crippen LogP contribution < -0.4 is 5.73 Å². The molecule has 2 N–H and O–H groups in total. The van der Waals surface area contributed by atoms with E-state index >= 15 is 0 Å². The van der Waals surface area contributed by atoms with Crippen molar-refractivity contribution in [1.29, 1.82) is 0 Å². The van der Waals surface area contributed by atoms with Crippen molar-refractivity contribution in [2.45, 2.75) is 45.1 Å². The Morgan fingerprint density at radius 1 is 1.29 bits per heavy atom. The molecule has 0 saturated heterocycles. The topological polar surface area (TPSA) is 43.8 Å². The zero-order valence-electron chi connectivity index (χ0n) is 13.2. The molecule has 0 bridgehead atoms. The number of hydrogen-bond donors (Lipinski definition) is 1. The highest BCUT2D eigenvalue weighted by atomic mass is 19.1. The van der Waals surface area contributed by atoms with Crippen molar-refractivity contribution < 1.29 is 4.39 Å². The van der Waals surface area contributed by atoms with E-state index in [2.05, 4.69) is 31.9 Å². The molecule has 0 amide bonds. The van der Waals surface area contributed by atoms with Crippen LogP contribution in [0.25, 0.3) is 0 Å². The molecule has 0 saturated carbocycles. The Hall–Kier alpha value is -1.68. The van der Waals surface area contributed by atoms with Crippen LogP contribution in [-0.4, -0.2) is 15.8 Å². The molecule has 0 aliphatic carbocycles. The zero-order chi connectivity index (χ0) is 15.6. The predicted octanol–water partition coefficient (Wildman–Crippen LogP) is 2.97.